The van der Waals surface area contributed by atoms with Crippen LogP contribution in [0, 0.1) is 0 Å². The highest BCUT2D eigenvalue weighted by Crippen LogP contribution is 2.54. The van der Waals surface area contributed by atoms with Crippen LogP contribution in [0.25, 0.3) is 0 Å². The van der Waals surface area contributed by atoms with E-state index in [9.17, 15) is 22.8 Å². The van der Waals surface area contributed by atoms with Crippen LogP contribution in [-0.2, 0) is 23.9 Å². The van der Waals surface area contributed by atoms with Gasteiger partial charge in [-0.1, -0.05) is 6.07 Å². The number of carbonyl (C=O) groups excluding carboxylic acids is 2. The molecule has 2 aliphatic heterocycles. The van der Waals surface area contributed by atoms with Crippen LogP contribution in [0.5, 0.6) is 17.2 Å². The first-order valence-corrected chi connectivity index (χ1v) is 12.5. The van der Waals surface area contributed by atoms with Crippen molar-refractivity contribution in [3.63, 3.8) is 0 Å². The van der Waals surface area contributed by atoms with Gasteiger partial charge < -0.3 is 25.0 Å². The number of hydrogen-bond donors (Lipinski definition) is 2. The van der Waals surface area contributed by atoms with Gasteiger partial charge in [0.25, 0.3) is 5.91 Å². The van der Waals surface area contributed by atoms with Crippen LogP contribution in [0.4, 0.5) is 19.0 Å². The molecule has 0 unspecified atom stereocenters. The van der Waals surface area contributed by atoms with Crippen molar-refractivity contribution in [3.8, 4) is 17.2 Å². The number of benzene rings is 2. The molecule has 1 saturated carbocycles. The number of anilines is 1. The summed E-state index contributed by atoms with van der Waals surface area (Å²) in [5.74, 6) is 1.52. The van der Waals surface area contributed by atoms with Crippen LogP contribution in [0.1, 0.15) is 45.0 Å². The number of hydrogen-bond acceptors (Lipinski definition) is 6. The molecule has 3 heterocycles. The van der Waals surface area contributed by atoms with Gasteiger partial charge >= 0.3 is 6.18 Å². The lowest BCUT2D eigenvalue weighted by Gasteiger charge is -2.19. The monoisotopic (exact) mass is 538 g/mol. The normalized spacial score (nSPS) is 20.9. The fourth-order valence-corrected chi connectivity index (χ4v) is 5.25. The first-order chi connectivity index (χ1) is 18.6. The summed E-state index contributed by atoms with van der Waals surface area (Å²) in [6, 6.07) is 10.5. The Balaban J connectivity index is 1.17. The van der Waals surface area contributed by atoms with Crippen LogP contribution >= 0.6 is 0 Å². The van der Waals surface area contributed by atoms with Gasteiger partial charge in [-0.2, -0.15) is 13.2 Å². The third-order valence-corrected chi connectivity index (χ3v) is 7.12. The predicted octanol–water partition coefficient (Wildman–Crippen LogP) is 4.50. The minimum atomic E-state index is -4.57. The van der Waals surface area contributed by atoms with E-state index in [1.807, 2.05) is 6.07 Å². The highest BCUT2D eigenvalue weighted by molar-refractivity contribution is 5.95. The summed E-state index contributed by atoms with van der Waals surface area (Å²) < 4.78 is 53.1. The van der Waals surface area contributed by atoms with Crippen LogP contribution in [0.2, 0.25) is 0 Å². The standard InChI is InChI=1S/C28H25F3N4O4/c1-35(2)13-15-4-3-14(11-19(15)28(29,30)31)27(37)34-24-23-18-12-16(5-7-20(18)39-25(23)24)38-21-9-10-32-26-17(21)6-8-22(36)33-26/h3-5,7,9-12,23-25H,6,8,13H2,1-2H3,(H,34,37)(H,32,33,36)/t23-,24+,25-/m0/s1. The second-order valence-corrected chi connectivity index (χ2v) is 10.2. The highest BCUT2D eigenvalue weighted by Gasteiger charge is 2.59. The molecule has 11 heteroatoms. The van der Waals surface area contributed by atoms with Gasteiger partial charge in [-0.3, -0.25) is 9.59 Å². The molecule has 8 nitrogen and oxygen atoms in total. The SMILES string of the molecule is CN(C)Cc1ccc(C(=O)N[C@H]2[C@H]3Oc4ccc(Oc5ccnc6c5CCC(=O)N6)cc4[C@@H]23)cc1C(F)(F)F. The summed E-state index contributed by atoms with van der Waals surface area (Å²) >= 11 is 0. The molecule has 3 aromatic rings. The zero-order valence-corrected chi connectivity index (χ0v) is 21.1. The second kappa shape index (κ2) is 9.26. The molecule has 0 spiro atoms. The van der Waals surface area contributed by atoms with E-state index in [1.165, 1.54) is 12.1 Å². The van der Waals surface area contributed by atoms with Gasteiger partial charge in [-0.25, -0.2) is 4.98 Å². The lowest BCUT2D eigenvalue weighted by Crippen LogP contribution is -2.30. The molecule has 0 saturated heterocycles. The number of nitrogens with one attached hydrogen (secondary N) is 2. The van der Waals surface area contributed by atoms with E-state index in [0.29, 0.717) is 35.9 Å². The molecule has 2 amide bonds. The molecule has 0 bridgehead atoms. The number of amides is 2. The first-order valence-electron chi connectivity index (χ1n) is 12.5. The van der Waals surface area contributed by atoms with E-state index >= 15 is 0 Å². The fourth-order valence-electron chi connectivity index (χ4n) is 5.25. The summed E-state index contributed by atoms with van der Waals surface area (Å²) in [7, 11) is 3.37. The smallest absolute Gasteiger partial charge is 0.416 e. The number of fused-ring (bicyclic) bond motifs is 4. The third kappa shape index (κ3) is 4.78. The molecule has 2 aromatic carbocycles. The highest BCUT2D eigenvalue weighted by atomic mass is 19.4. The zero-order valence-electron chi connectivity index (χ0n) is 21.1. The summed E-state index contributed by atoms with van der Waals surface area (Å²) in [5.41, 5.74) is 0.909. The molecule has 1 aliphatic carbocycles. The summed E-state index contributed by atoms with van der Waals surface area (Å²) in [4.78, 5) is 30.5. The zero-order chi connectivity index (χ0) is 27.5. The molecule has 2 N–H and O–H groups in total. The van der Waals surface area contributed by atoms with Crippen LogP contribution in [-0.4, -0.2) is 47.9 Å². The molecule has 39 heavy (non-hydrogen) atoms. The van der Waals surface area contributed by atoms with Crippen LogP contribution in [0.3, 0.4) is 0 Å². The number of rotatable bonds is 6. The molecule has 6 rings (SSSR count). The topological polar surface area (TPSA) is 92.8 Å². The maximum Gasteiger partial charge on any atom is 0.416 e. The summed E-state index contributed by atoms with van der Waals surface area (Å²) in [6.07, 6.45) is -2.44. The Hall–Kier alpha value is -4.12. The Kier molecular flexibility index (Phi) is 5.98. The van der Waals surface area contributed by atoms with E-state index in [4.69, 9.17) is 9.47 Å². The van der Waals surface area contributed by atoms with Crippen molar-refractivity contribution in [3.05, 3.63) is 76.5 Å². The van der Waals surface area contributed by atoms with Crippen molar-refractivity contribution in [2.75, 3.05) is 19.4 Å². The Morgan fingerprint density at radius 3 is 2.77 bits per heavy atom. The third-order valence-electron chi connectivity index (χ3n) is 7.12. The average Bonchev–Trinajstić information content (AvgIpc) is 3.39. The van der Waals surface area contributed by atoms with Gasteiger partial charge in [0.15, 0.2) is 0 Å². The van der Waals surface area contributed by atoms with E-state index in [0.717, 1.165) is 17.2 Å². The largest absolute Gasteiger partial charge is 0.487 e. The van der Waals surface area contributed by atoms with Crippen LogP contribution < -0.4 is 20.1 Å². The van der Waals surface area contributed by atoms with Gasteiger partial charge in [-0.05, 0) is 62.5 Å². The number of nitrogens with zero attached hydrogens (tertiary/aromatic N) is 2. The first kappa shape index (κ1) is 25.2. The van der Waals surface area contributed by atoms with Crippen molar-refractivity contribution in [2.45, 2.75) is 43.6 Å². The van der Waals surface area contributed by atoms with E-state index in [1.54, 1.807) is 43.4 Å². The van der Waals surface area contributed by atoms with Gasteiger partial charge in [-0.15, -0.1) is 0 Å². The molecule has 202 valence electrons. The number of pyridine rings is 1. The quantitative estimate of drug-likeness (QED) is 0.481. The van der Waals surface area contributed by atoms with Gasteiger partial charge in [0.2, 0.25) is 5.91 Å². The fraction of sp³-hybridized carbons (Fsp3) is 0.321. The van der Waals surface area contributed by atoms with Crippen molar-refractivity contribution >= 4 is 17.6 Å². The van der Waals surface area contributed by atoms with Crippen molar-refractivity contribution in [2.24, 2.45) is 0 Å². The van der Waals surface area contributed by atoms with Gasteiger partial charge in [0, 0.05) is 35.9 Å². The Bertz CT molecular complexity index is 1490. The van der Waals surface area contributed by atoms with Crippen LogP contribution in [0.15, 0.2) is 48.7 Å². The maximum atomic E-state index is 13.7. The second-order valence-electron chi connectivity index (χ2n) is 10.2. The predicted molar refractivity (Wildman–Crippen MR) is 135 cm³/mol. The van der Waals surface area contributed by atoms with E-state index < -0.39 is 17.6 Å². The Morgan fingerprint density at radius 1 is 1.18 bits per heavy atom. The minimum absolute atomic E-state index is 0.0540. The lowest BCUT2D eigenvalue weighted by atomic mass is 10.0. The van der Waals surface area contributed by atoms with E-state index in [2.05, 4.69) is 15.6 Å². The molecular formula is C28H25F3N4O4. The molecule has 1 aromatic heterocycles. The number of halogens is 3. The molecule has 3 aliphatic rings. The Labute approximate surface area is 222 Å². The number of aromatic nitrogens is 1. The summed E-state index contributed by atoms with van der Waals surface area (Å²) in [5, 5.41) is 5.58. The molecule has 3 atom stereocenters. The van der Waals surface area contributed by atoms with Crippen molar-refractivity contribution < 1.29 is 32.2 Å². The van der Waals surface area contributed by atoms with Crippen molar-refractivity contribution in [1.29, 1.82) is 0 Å². The lowest BCUT2D eigenvalue weighted by molar-refractivity contribution is -0.138. The molecule has 1 fully saturated rings. The average molecular weight is 539 g/mol. The summed E-state index contributed by atoms with van der Waals surface area (Å²) in [6.45, 7) is 0.107. The number of carbonyl (C=O) groups is 2. The number of ether oxygens (including phenoxy) is 2. The maximum absolute atomic E-state index is 13.7. The van der Waals surface area contributed by atoms with E-state index in [-0.39, 0.29) is 41.6 Å². The Morgan fingerprint density at radius 2 is 2.00 bits per heavy atom. The van der Waals surface area contributed by atoms with Gasteiger partial charge in [0.05, 0.1) is 17.5 Å². The molecule has 0 radical (unpaired) electrons. The van der Waals surface area contributed by atoms with Crippen molar-refractivity contribution in [1.82, 2.24) is 15.2 Å². The van der Waals surface area contributed by atoms with Gasteiger partial charge in [0.1, 0.15) is 29.2 Å². The minimum Gasteiger partial charge on any atom is -0.487 e. The molecular weight excluding hydrogens is 513 g/mol. The number of alkyl halides is 3.